The molecule has 1 aromatic heterocycles. The Balaban J connectivity index is 2.99. The van der Waals surface area contributed by atoms with Crippen molar-refractivity contribution in [2.45, 2.75) is 24.8 Å². The van der Waals surface area contributed by atoms with Crippen molar-refractivity contribution < 1.29 is 12.6 Å². The second kappa shape index (κ2) is 4.25. The first kappa shape index (κ1) is 11.4. The fourth-order valence-electron chi connectivity index (χ4n) is 0.819. The van der Waals surface area contributed by atoms with E-state index in [0.717, 1.165) is 0 Å². The number of hydrogen-bond acceptors (Lipinski definition) is 4. The maximum absolute atomic E-state index is 11.4. The predicted octanol–water partition coefficient (Wildman–Crippen LogP) is 1.85. The van der Waals surface area contributed by atoms with Crippen LogP contribution in [0.15, 0.2) is 23.2 Å². The van der Waals surface area contributed by atoms with Crippen LogP contribution in [0.2, 0.25) is 5.15 Å². The highest BCUT2D eigenvalue weighted by Crippen LogP contribution is 2.14. The summed E-state index contributed by atoms with van der Waals surface area (Å²) in [7, 11) is -3.70. The average molecular weight is 236 g/mol. The predicted molar refractivity (Wildman–Crippen MR) is 52.7 cm³/mol. The quantitative estimate of drug-likeness (QED) is 0.593. The Labute approximate surface area is 88.0 Å². The van der Waals surface area contributed by atoms with Crippen molar-refractivity contribution in [3.8, 4) is 0 Å². The molecular weight excluding hydrogens is 226 g/mol. The van der Waals surface area contributed by atoms with Gasteiger partial charge in [0.25, 0.3) is 10.1 Å². The highest BCUT2D eigenvalue weighted by Gasteiger charge is 2.16. The number of hydrogen-bond donors (Lipinski definition) is 0. The molecule has 0 spiro atoms. The third-order valence-corrected chi connectivity index (χ3v) is 2.99. The van der Waals surface area contributed by atoms with Crippen molar-refractivity contribution in [2.75, 3.05) is 0 Å². The van der Waals surface area contributed by atoms with Crippen LogP contribution in [0.25, 0.3) is 0 Å². The van der Waals surface area contributed by atoms with Gasteiger partial charge in [-0.2, -0.15) is 8.42 Å². The van der Waals surface area contributed by atoms with Gasteiger partial charge in [-0.1, -0.05) is 11.6 Å². The second-order valence-corrected chi connectivity index (χ2v) is 4.88. The minimum absolute atomic E-state index is 0.00981. The molecule has 0 saturated carbocycles. The van der Waals surface area contributed by atoms with Gasteiger partial charge in [-0.3, -0.25) is 4.18 Å². The number of aromatic nitrogens is 1. The van der Waals surface area contributed by atoms with Gasteiger partial charge in [0, 0.05) is 6.20 Å². The van der Waals surface area contributed by atoms with Gasteiger partial charge in [0.15, 0.2) is 0 Å². The second-order valence-electron chi connectivity index (χ2n) is 2.92. The summed E-state index contributed by atoms with van der Waals surface area (Å²) in [6.07, 6.45) is 0.774. The molecule has 1 heterocycles. The molecule has 0 N–H and O–H groups in total. The summed E-state index contributed by atoms with van der Waals surface area (Å²) in [4.78, 5) is 3.67. The first-order valence-corrected chi connectivity index (χ1v) is 5.75. The van der Waals surface area contributed by atoms with Crippen LogP contribution in [0, 0.1) is 0 Å². The van der Waals surface area contributed by atoms with Crippen LogP contribution in [0.3, 0.4) is 0 Å². The van der Waals surface area contributed by atoms with Gasteiger partial charge in [-0.15, -0.1) is 0 Å². The summed E-state index contributed by atoms with van der Waals surface area (Å²) >= 11 is 5.52. The minimum atomic E-state index is -3.70. The Hall–Kier alpha value is -0.650. The highest BCUT2D eigenvalue weighted by molar-refractivity contribution is 7.86. The minimum Gasteiger partial charge on any atom is -0.264 e. The third kappa shape index (κ3) is 2.94. The zero-order valence-electron chi connectivity index (χ0n) is 7.77. The standard InChI is InChI=1S/C8H10ClNO3S/c1-6(2)13-14(11,12)7-3-4-8(9)10-5-7/h3-6H,1-2H3. The summed E-state index contributed by atoms with van der Waals surface area (Å²) in [6, 6.07) is 2.76. The molecule has 0 amide bonds. The van der Waals surface area contributed by atoms with Gasteiger partial charge in [-0.05, 0) is 26.0 Å². The summed E-state index contributed by atoms with van der Waals surface area (Å²) in [5.41, 5.74) is 0. The van der Waals surface area contributed by atoms with E-state index >= 15 is 0 Å². The lowest BCUT2D eigenvalue weighted by molar-refractivity contribution is 0.249. The van der Waals surface area contributed by atoms with E-state index in [1.807, 2.05) is 0 Å². The summed E-state index contributed by atoms with van der Waals surface area (Å²) < 4.78 is 27.6. The molecule has 78 valence electrons. The molecule has 4 nitrogen and oxygen atoms in total. The van der Waals surface area contributed by atoms with E-state index in [1.165, 1.54) is 18.3 Å². The Bertz CT molecular complexity index is 399. The Morgan fingerprint density at radius 2 is 2.07 bits per heavy atom. The van der Waals surface area contributed by atoms with Crippen LogP contribution < -0.4 is 0 Å². The molecule has 1 rings (SSSR count). The lowest BCUT2D eigenvalue weighted by Gasteiger charge is -2.07. The number of pyridine rings is 1. The topological polar surface area (TPSA) is 56.3 Å². The summed E-state index contributed by atoms with van der Waals surface area (Å²) in [5, 5.41) is 0.244. The first-order chi connectivity index (χ1) is 6.42. The van der Waals surface area contributed by atoms with Crippen LogP contribution in [-0.4, -0.2) is 19.5 Å². The average Bonchev–Trinajstić information content (AvgIpc) is 2.02. The smallest absolute Gasteiger partial charge is 0.264 e. The van der Waals surface area contributed by atoms with E-state index in [2.05, 4.69) is 4.98 Å². The van der Waals surface area contributed by atoms with Gasteiger partial charge in [0.1, 0.15) is 10.0 Å². The molecule has 0 aromatic carbocycles. The fraction of sp³-hybridized carbons (Fsp3) is 0.375. The molecule has 0 aliphatic rings. The molecule has 1 aromatic rings. The maximum atomic E-state index is 11.4. The van der Waals surface area contributed by atoms with Crippen molar-refractivity contribution >= 4 is 21.7 Å². The number of rotatable bonds is 3. The first-order valence-electron chi connectivity index (χ1n) is 3.96. The summed E-state index contributed by atoms with van der Waals surface area (Å²) in [5.74, 6) is 0. The lowest BCUT2D eigenvalue weighted by Crippen LogP contribution is -2.12. The highest BCUT2D eigenvalue weighted by atomic mass is 35.5. The van der Waals surface area contributed by atoms with E-state index in [0.29, 0.717) is 0 Å². The van der Waals surface area contributed by atoms with Gasteiger partial charge < -0.3 is 0 Å². The SMILES string of the molecule is CC(C)OS(=O)(=O)c1ccc(Cl)nc1. The normalized spacial score (nSPS) is 12.0. The number of halogens is 1. The van der Waals surface area contributed by atoms with Crippen LogP contribution in [0.4, 0.5) is 0 Å². The van der Waals surface area contributed by atoms with Gasteiger partial charge in [-0.25, -0.2) is 4.98 Å². The molecular formula is C8H10ClNO3S. The molecule has 0 aliphatic heterocycles. The van der Waals surface area contributed by atoms with E-state index in [4.69, 9.17) is 15.8 Å². The van der Waals surface area contributed by atoms with Gasteiger partial charge in [0.2, 0.25) is 0 Å². The largest absolute Gasteiger partial charge is 0.298 e. The van der Waals surface area contributed by atoms with Crippen LogP contribution in [0.5, 0.6) is 0 Å². The summed E-state index contributed by atoms with van der Waals surface area (Å²) in [6.45, 7) is 3.28. The molecule has 0 bridgehead atoms. The van der Waals surface area contributed by atoms with Crippen molar-refractivity contribution in [3.63, 3.8) is 0 Å². The van der Waals surface area contributed by atoms with Crippen molar-refractivity contribution in [1.29, 1.82) is 0 Å². The van der Waals surface area contributed by atoms with Crippen LogP contribution in [-0.2, 0) is 14.3 Å². The van der Waals surface area contributed by atoms with E-state index < -0.39 is 16.2 Å². The Kier molecular flexibility index (Phi) is 3.47. The molecule has 0 radical (unpaired) electrons. The molecule has 0 fully saturated rings. The van der Waals surface area contributed by atoms with E-state index in [1.54, 1.807) is 13.8 Å². The van der Waals surface area contributed by atoms with E-state index in [-0.39, 0.29) is 10.0 Å². The zero-order chi connectivity index (χ0) is 10.8. The fourth-order valence-corrected chi connectivity index (χ4v) is 1.97. The molecule has 0 aliphatic carbocycles. The monoisotopic (exact) mass is 235 g/mol. The van der Waals surface area contributed by atoms with Crippen molar-refractivity contribution in [1.82, 2.24) is 4.98 Å². The maximum Gasteiger partial charge on any atom is 0.298 e. The van der Waals surface area contributed by atoms with Gasteiger partial charge >= 0.3 is 0 Å². The molecule has 0 saturated heterocycles. The third-order valence-electron chi connectivity index (χ3n) is 1.31. The van der Waals surface area contributed by atoms with Crippen LogP contribution >= 0.6 is 11.6 Å². The van der Waals surface area contributed by atoms with Gasteiger partial charge in [0.05, 0.1) is 6.10 Å². The number of nitrogens with zero attached hydrogens (tertiary/aromatic N) is 1. The molecule has 14 heavy (non-hydrogen) atoms. The van der Waals surface area contributed by atoms with Crippen molar-refractivity contribution in [3.05, 3.63) is 23.5 Å². The lowest BCUT2D eigenvalue weighted by atomic mass is 10.5. The molecule has 6 heteroatoms. The molecule has 0 atom stereocenters. The zero-order valence-corrected chi connectivity index (χ0v) is 9.34. The van der Waals surface area contributed by atoms with E-state index in [9.17, 15) is 8.42 Å². The molecule has 0 unspecified atom stereocenters. The Morgan fingerprint density at radius 1 is 1.43 bits per heavy atom. The van der Waals surface area contributed by atoms with Crippen LogP contribution in [0.1, 0.15) is 13.8 Å². The Morgan fingerprint density at radius 3 is 2.50 bits per heavy atom. The van der Waals surface area contributed by atoms with Crippen molar-refractivity contribution in [2.24, 2.45) is 0 Å².